The van der Waals surface area contributed by atoms with Gasteiger partial charge in [-0.05, 0) is 124 Å². The summed E-state index contributed by atoms with van der Waals surface area (Å²) in [5.41, 5.74) is 9.98. The quantitative estimate of drug-likeness (QED) is 0.161. The second kappa shape index (κ2) is 11.6. The van der Waals surface area contributed by atoms with Crippen molar-refractivity contribution in [3.05, 3.63) is 205 Å². The molecule has 0 fully saturated rings. The van der Waals surface area contributed by atoms with Crippen molar-refractivity contribution in [2.24, 2.45) is 0 Å². The molecule has 0 atom stereocenters. The maximum atomic E-state index is 2.51. The van der Waals surface area contributed by atoms with E-state index in [1.807, 2.05) is 0 Å². The Kier molecular flexibility index (Phi) is 6.25. The smallest absolute Gasteiger partial charge is 0.0545 e. The van der Waals surface area contributed by atoms with Gasteiger partial charge in [-0.3, -0.25) is 0 Å². The normalized spacial score (nSPS) is 12.8. The minimum absolute atomic E-state index is 0.864. The van der Waals surface area contributed by atoms with Crippen molar-refractivity contribution in [3.63, 3.8) is 0 Å². The molecule has 12 aromatic rings. The lowest BCUT2D eigenvalue weighted by atomic mass is 9.90. The van der Waals surface area contributed by atoms with E-state index in [0.29, 0.717) is 0 Å². The summed E-state index contributed by atoms with van der Waals surface area (Å²) in [6.07, 6.45) is 0.864. The third kappa shape index (κ3) is 4.24. The molecule has 2 heterocycles. The van der Waals surface area contributed by atoms with Crippen molar-refractivity contribution in [1.82, 2.24) is 4.57 Å². The standard InChI is InChI=1S/C55H34N2/c1-11-23-51-34(13-1)31-50-53(56(51)35-25-27-45-41-18-4-2-14-37(41)39-16-6-8-20-43(39)48(45)32-35)29-30-54-55(50)47-22-10-12-24-52(47)57(54)36-26-28-46-42-19-5-3-15-38(42)40-17-7-9-21-44(40)49(46)33-36/h1-30,32-33H,31H2. The molecule has 0 aliphatic carbocycles. The van der Waals surface area contributed by atoms with Crippen molar-refractivity contribution >= 4 is 104 Å². The summed E-state index contributed by atoms with van der Waals surface area (Å²) in [6.45, 7) is 0. The van der Waals surface area contributed by atoms with Gasteiger partial charge in [-0.1, -0.05) is 146 Å². The van der Waals surface area contributed by atoms with E-state index >= 15 is 0 Å². The van der Waals surface area contributed by atoms with Crippen LogP contribution in [0.3, 0.4) is 0 Å². The Labute approximate surface area is 329 Å². The average molecular weight is 723 g/mol. The fourth-order valence-corrected chi connectivity index (χ4v) is 10.3. The van der Waals surface area contributed by atoms with Crippen molar-refractivity contribution < 1.29 is 0 Å². The van der Waals surface area contributed by atoms with Gasteiger partial charge in [-0.15, -0.1) is 0 Å². The van der Waals surface area contributed by atoms with Gasteiger partial charge in [0.05, 0.1) is 16.7 Å². The molecule has 13 rings (SSSR count). The summed E-state index contributed by atoms with van der Waals surface area (Å²) in [7, 11) is 0. The lowest BCUT2D eigenvalue weighted by molar-refractivity contribution is 1.10. The number of hydrogen-bond donors (Lipinski definition) is 0. The number of aromatic nitrogens is 1. The Hall–Kier alpha value is -7.42. The van der Waals surface area contributed by atoms with Crippen molar-refractivity contribution in [1.29, 1.82) is 0 Å². The molecule has 2 nitrogen and oxygen atoms in total. The molecule has 0 saturated carbocycles. The number of nitrogens with zero attached hydrogens (tertiary/aromatic N) is 2. The van der Waals surface area contributed by atoms with Gasteiger partial charge in [-0.25, -0.2) is 0 Å². The Bertz CT molecular complexity index is 3610. The van der Waals surface area contributed by atoms with Crippen LogP contribution in [0.5, 0.6) is 0 Å². The van der Waals surface area contributed by atoms with E-state index in [1.165, 1.54) is 120 Å². The van der Waals surface area contributed by atoms with Crippen molar-refractivity contribution in [2.45, 2.75) is 6.42 Å². The Morgan fingerprint density at radius 2 is 0.737 bits per heavy atom. The van der Waals surface area contributed by atoms with Gasteiger partial charge >= 0.3 is 0 Å². The minimum Gasteiger partial charge on any atom is -0.310 e. The van der Waals surface area contributed by atoms with Crippen LogP contribution < -0.4 is 4.90 Å². The zero-order valence-corrected chi connectivity index (χ0v) is 31.1. The highest BCUT2D eigenvalue weighted by Crippen LogP contribution is 2.50. The van der Waals surface area contributed by atoms with Crippen LogP contribution >= 0.6 is 0 Å². The molecule has 1 aromatic heterocycles. The maximum Gasteiger partial charge on any atom is 0.0545 e. The molecular weight excluding hydrogens is 689 g/mol. The highest BCUT2D eigenvalue weighted by atomic mass is 15.2. The van der Waals surface area contributed by atoms with E-state index in [9.17, 15) is 0 Å². The molecule has 57 heavy (non-hydrogen) atoms. The summed E-state index contributed by atoms with van der Waals surface area (Å²) >= 11 is 0. The van der Waals surface area contributed by atoms with Crippen LogP contribution in [0.1, 0.15) is 11.1 Å². The van der Waals surface area contributed by atoms with Crippen LogP contribution in [0.25, 0.3) is 92.1 Å². The number of hydrogen-bond acceptors (Lipinski definition) is 1. The number of para-hydroxylation sites is 2. The number of rotatable bonds is 2. The van der Waals surface area contributed by atoms with Gasteiger partial charge < -0.3 is 9.47 Å². The van der Waals surface area contributed by atoms with E-state index in [1.54, 1.807) is 0 Å². The first-order valence-electron chi connectivity index (χ1n) is 19.9. The van der Waals surface area contributed by atoms with Crippen LogP contribution in [0, 0.1) is 0 Å². The molecule has 1 aliphatic heterocycles. The Balaban J connectivity index is 1.07. The fourth-order valence-electron chi connectivity index (χ4n) is 10.3. The fraction of sp³-hybridized carbons (Fsp3) is 0.0182. The first kappa shape index (κ1) is 30.9. The van der Waals surface area contributed by atoms with Gasteiger partial charge in [0.25, 0.3) is 0 Å². The predicted molar refractivity (Wildman–Crippen MR) is 243 cm³/mol. The monoisotopic (exact) mass is 722 g/mol. The molecule has 0 unspecified atom stereocenters. The van der Waals surface area contributed by atoms with Gasteiger partial charge in [0.2, 0.25) is 0 Å². The molecule has 264 valence electrons. The molecular formula is C55H34N2. The molecule has 0 N–H and O–H groups in total. The van der Waals surface area contributed by atoms with Crippen molar-refractivity contribution in [3.8, 4) is 5.69 Å². The molecule has 0 radical (unpaired) electrons. The third-order valence-corrected chi connectivity index (χ3v) is 12.7. The van der Waals surface area contributed by atoms with Crippen LogP contribution in [0.2, 0.25) is 0 Å². The highest BCUT2D eigenvalue weighted by molar-refractivity contribution is 6.27. The van der Waals surface area contributed by atoms with Gasteiger partial charge in [-0.2, -0.15) is 0 Å². The molecule has 11 aromatic carbocycles. The van der Waals surface area contributed by atoms with E-state index in [-0.39, 0.29) is 0 Å². The SMILES string of the molecule is c1ccc2c(c1)Cc1c(ccc3c1c1ccccc1n3-c1ccc3c4ccccc4c4ccccc4c3c1)N2c1ccc2c3ccccc3c3ccccc3c2c1. The predicted octanol–water partition coefficient (Wildman–Crippen LogP) is 15.1. The zero-order chi connectivity index (χ0) is 37.2. The highest BCUT2D eigenvalue weighted by Gasteiger charge is 2.28. The minimum atomic E-state index is 0.864. The van der Waals surface area contributed by atoms with E-state index < -0.39 is 0 Å². The molecule has 1 aliphatic rings. The lowest BCUT2D eigenvalue weighted by Gasteiger charge is -2.34. The summed E-state index contributed by atoms with van der Waals surface area (Å²) in [4.78, 5) is 2.51. The van der Waals surface area contributed by atoms with Crippen LogP contribution in [-0.2, 0) is 6.42 Å². The second-order valence-electron chi connectivity index (χ2n) is 15.6. The third-order valence-electron chi connectivity index (χ3n) is 12.7. The topological polar surface area (TPSA) is 8.17 Å². The lowest BCUT2D eigenvalue weighted by Crippen LogP contribution is -2.18. The Morgan fingerprint density at radius 1 is 0.298 bits per heavy atom. The summed E-state index contributed by atoms with van der Waals surface area (Å²) in [6, 6.07) is 72.2. The van der Waals surface area contributed by atoms with E-state index in [2.05, 4.69) is 204 Å². The van der Waals surface area contributed by atoms with Gasteiger partial charge in [0.15, 0.2) is 0 Å². The van der Waals surface area contributed by atoms with Crippen LogP contribution in [-0.4, -0.2) is 4.57 Å². The first-order chi connectivity index (χ1) is 28.3. The van der Waals surface area contributed by atoms with Crippen LogP contribution in [0.4, 0.5) is 17.1 Å². The molecule has 0 spiro atoms. The summed E-state index contributed by atoms with van der Waals surface area (Å²) in [5.74, 6) is 0. The van der Waals surface area contributed by atoms with E-state index in [4.69, 9.17) is 0 Å². The number of anilines is 3. The van der Waals surface area contributed by atoms with Crippen molar-refractivity contribution in [2.75, 3.05) is 4.90 Å². The number of benzene rings is 11. The average Bonchev–Trinajstić information content (AvgIpc) is 3.63. The number of fused-ring (bicyclic) bond motifs is 18. The molecule has 0 bridgehead atoms. The van der Waals surface area contributed by atoms with Gasteiger partial charge in [0, 0.05) is 34.3 Å². The first-order valence-corrected chi connectivity index (χ1v) is 19.9. The summed E-state index contributed by atoms with van der Waals surface area (Å²) in [5, 5.41) is 18.1. The molecule has 0 saturated heterocycles. The Morgan fingerprint density at radius 3 is 1.32 bits per heavy atom. The van der Waals surface area contributed by atoms with E-state index in [0.717, 1.165) is 6.42 Å². The maximum absolute atomic E-state index is 2.51. The summed E-state index contributed by atoms with van der Waals surface area (Å²) < 4.78 is 2.49. The second-order valence-corrected chi connectivity index (χ2v) is 15.6. The zero-order valence-electron chi connectivity index (χ0n) is 31.1. The molecule has 0 amide bonds. The largest absolute Gasteiger partial charge is 0.310 e. The molecule has 2 heteroatoms. The van der Waals surface area contributed by atoms with Gasteiger partial charge in [0.1, 0.15) is 0 Å². The van der Waals surface area contributed by atoms with Crippen LogP contribution in [0.15, 0.2) is 194 Å².